The summed E-state index contributed by atoms with van der Waals surface area (Å²) in [5, 5.41) is 2.41. The maximum absolute atomic E-state index is 11.8. The van der Waals surface area contributed by atoms with E-state index in [-0.39, 0.29) is 11.1 Å². The van der Waals surface area contributed by atoms with Crippen LogP contribution in [0.4, 0.5) is 0 Å². The lowest BCUT2D eigenvalue weighted by Gasteiger charge is -2.10. The summed E-state index contributed by atoms with van der Waals surface area (Å²) in [7, 11) is 1.25. The summed E-state index contributed by atoms with van der Waals surface area (Å²) in [5.41, 5.74) is 5.55. The standard InChI is InChI=1S/C12H14N2O4/c1-7(10(13)15)14-11(16)8-4-3-5-9(6-8)12(17)18-2/h3-7H,1-2H3,(H2,13,15)(H,14,16)/t7-/m0/s1. The van der Waals surface area contributed by atoms with E-state index >= 15 is 0 Å². The van der Waals surface area contributed by atoms with E-state index in [1.54, 1.807) is 6.07 Å². The number of hydrogen-bond donors (Lipinski definition) is 2. The average Bonchev–Trinajstić information content (AvgIpc) is 2.37. The molecule has 1 aromatic carbocycles. The van der Waals surface area contributed by atoms with E-state index in [1.807, 2.05) is 0 Å². The summed E-state index contributed by atoms with van der Waals surface area (Å²) in [6, 6.07) is 5.21. The van der Waals surface area contributed by atoms with Gasteiger partial charge >= 0.3 is 5.97 Å². The molecule has 1 aromatic rings. The summed E-state index contributed by atoms with van der Waals surface area (Å²) in [5.74, 6) is -1.65. The Hall–Kier alpha value is -2.37. The molecule has 0 aliphatic rings. The number of carbonyl (C=O) groups excluding carboxylic acids is 3. The summed E-state index contributed by atoms with van der Waals surface area (Å²) < 4.78 is 4.55. The molecule has 0 radical (unpaired) electrons. The fourth-order valence-corrected chi connectivity index (χ4v) is 1.26. The van der Waals surface area contributed by atoms with Crippen LogP contribution in [-0.2, 0) is 9.53 Å². The Bertz CT molecular complexity index is 485. The number of carbonyl (C=O) groups is 3. The Morgan fingerprint density at radius 1 is 1.28 bits per heavy atom. The lowest BCUT2D eigenvalue weighted by atomic mass is 10.1. The zero-order valence-electron chi connectivity index (χ0n) is 10.1. The maximum Gasteiger partial charge on any atom is 0.337 e. The number of ether oxygens (including phenoxy) is 1. The van der Waals surface area contributed by atoms with E-state index in [0.29, 0.717) is 0 Å². The van der Waals surface area contributed by atoms with Gasteiger partial charge in [0.25, 0.3) is 5.91 Å². The molecular weight excluding hydrogens is 236 g/mol. The minimum atomic E-state index is -0.778. The van der Waals surface area contributed by atoms with E-state index in [9.17, 15) is 14.4 Å². The van der Waals surface area contributed by atoms with Crippen molar-refractivity contribution in [3.8, 4) is 0 Å². The molecule has 0 saturated carbocycles. The van der Waals surface area contributed by atoms with Crippen molar-refractivity contribution in [3.63, 3.8) is 0 Å². The first-order valence-electron chi connectivity index (χ1n) is 5.24. The van der Waals surface area contributed by atoms with Crippen LogP contribution < -0.4 is 11.1 Å². The zero-order valence-corrected chi connectivity index (χ0v) is 10.1. The highest BCUT2D eigenvalue weighted by Crippen LogP contribution is 2.06. The lowest BCUT2D eigenvalue weighted by Crippen LogP contribution is -2.42. The summed E-state index contributed by atoms with van der Waals surface area (Å²) in [4.78, 5) is 33.9. The second kappa shape index (κ2) is 5.81. The third-order valence-corrected chi connectivity index (χ3v) is 2.32. The number of nitrogens with one attached hydrogen (secondary N) is 1. The highest BCUT2D eigenvalue weighted by atomic mass is 16.5. The van der Waals surface area contributed by atoms with Gasteiger partial charge in [0.05, 0.1) is 12.7 Å². The van der Waals surface area contributed by atoms with Crippen LogP contribution in [0.2, 0.25) is 0 Å². The van der Waals surface area contributed by atoms with Crippen LogP contribution in [0.15, 0.2) is 24.3 Å². The Kier molecular flexibility index (Phi) is 4.42. The van der Waals surface area contributed by atoms with Crippen molar-refractivity contribution in [2.75, 3.05) is 7.11 Å². The normalized spacial score (nSPS) is 11.4. The summed E-state index contributed by atoms with van der Waals surface area (Å²) in [6.45, 7) is 1.48. The second-order valence-corrected chi connectivity index (χ2v) is 3.67. The average molecular weight is 250 g/mol. The summed E-state index contributed by atoms with van der Waals surface area (Å²) in [6.07, 6.45) is 0. The first-order valence-corrected chi connectivity index (χ1v) is 5.24. The molecule has 0 spiro atoms. The third kappa shape index (κ3) is 3.31. The molecule has 0 aliphatic carbocycles. The predicted molar refractivity (Wildman–Crippen MR) is 63.9 cm³/mol. The van der Waals surface area contributed by atoms with E-state index in [0.717, 1.165) is 0 Å². The molecule has 6 heteroatoms. The molecule has 96 valence electrons. The Balaban J connectivity index is 2.87. The highest BCUT2D eigenvalue weighted by molar-refractivity contribution is 5.99. The number of amides is 2. The number of esters is 1. The van der Waals surface area contributed by atoms with Gasteiger partial charge in [-0.25, -0.2) is 4.79 Å². The number of rotatable bonds is 4. The van der Waals surface area contributed by atoms with Crippen LogP contribution in [0.1, 0.15) is 27.6 Å². The van der Waals surface area contributed by atoms with E-state index in [1.165, 1.54) is 32.2 Å². The van der Waals surface area contributed by atoms with E-state index in [2.05, 4.69) is 10.1 Å². The molecule has 3 N–H and O–H groups in total. The quantitative estimate of drug-likeness (QED) is 0.739. The van der Waals surface area contributed by atoms with Gasteiger partial charge in [0, 0.05) is 5.56 Å². The van der Waals surface area contributed by atoms with E-state index in [4.69, 9.17) is 5.73 Å². The van der Waals surface area contributed by atoms with Gasteiger partial charge in [-0.15, -0.1) is 0 Å². The first-order chi connectivity index (χ1) is 8.45. The van der Waals surface area contributed by atoms with Gasteiger partial charge in [-0.1, -0.05) is 6.07 Å². The highest BCUT2D eigenvalue weighted by Gasteiger charge is 2.15. The molecule has 0 aliphatic heterocycles. The number of hydrogen-bond acceptors (Lipinski definition) is 4. The van der Waals surface area contributed by atoms with Gasteiger partial charge in [0.2, 0.25) is 5.91 Å². The number of benzene rings is 1. The molecule has 6 nitrogen and oxygen atoms in total. The van der Waals surface area contributed by atoms with Crippen LogP contribution >= 0.6 is 0 Å². The molecular formula is C12H14N2O4. The van der Waals surface area contributed by atoms with Crippen LogP contribution in [0.5, 0.6) is 0 Å². The minimum Gasteiger partial charge on any atom is -0.465 e. The molecule has 0 saturated heterocycles. The van der Waals surface area contributed by atoms with Gasteiger partial charge in [0.1, 0.15) is 6.04 Å². The van der Waals surface area contributed by atoms with Crippen molar-refractivity contribution in [3.05, 3.63) is 35.4 Å². The molecule has 0 aromatic heterocycles. The molecule has 2 amide bonds. The fraction of sp³-hybridized carbons (Fsp3) is 0.250. The Labute approximate surface area is 104 Å². The van der Waals surface area contributed by atoms with Gasteiger partial charge in [0.15, 0.2) is 0 Å². The number of nitrogens with two attached hydrogens (primary N) is 1. The fourth-order valence-electron chi connectivity index (χ4n) is 1.26. The third-order valence-electron chi connectivity index (χ3n) is 2.32. The molecule has 1 atom stereocenters. The summed E-state index contributed by atoms with van der Waals surface area (Å²) >= 11 is 0. The Morgan fingerprint density at radius 3 is 2.44 bits per heavy atom. The molecule has 0 fully saturated rings. The number of methoxy groups -OCH3 is 1. The van der Waals surface area contributed by atoms with Crippen LogP contribution in [-0.4, -0.2) is 30.9 Å². The largest absolute Gasteiger partial charge is 0.465 e. The van der Waals surface area contributed by atoms with Crippen molar-refractivity contribution < 1.29 is 19.1 Å². The van der Waals surface area contributed by atoms with E-state index < -0.39 is 23.8 Å². The van der Waals surface area contributed by atoms with Crippen LogP contribution in [0.3, 0.4) is 0 Å². The maximum atomic E-state index is 11.8. The number of primary amides is 1. The predicted octanol–water partition coefficient (Wildman–Crippen LogP) is 0.0768. The van der Waals surface area contributed by atoms with Gasteiger partial charge in [-0.2, -0.15) is 0 Å². The van der Waals surface area contributed by atoms with Crippen molar-refractivity contribution >= 4 is 17.8 Å². The minimum absolute atomic E-state index is 0.256. The molecule has 0 unspecified atom stereocenters. The monoisotopic (exact) mass is 250 g/mol. The second-order valence-electron chi connectivity index (χ2n) is 3.67. The van der Waals surface area contributed by atoms with Gasteiger partial charge < -0.3 is 15.8 Å². The SMILES string of the molecule is COC(=O)c1cccc(C(=O)N[C@@H](C)C(N)=O)c1. The van der Waals surface area contributed by atoms with Gasteiger partial charge in [-0.05, 0) is 25.1 Å². The Morgan fingerprint density at radius 2 is 1.89 bits per heavy atom. The van der Waals surface area contributed by atoms with Crippen molar-refractivity contribution in [2.45, 2.75) is 13.0 Å². The smallest absolute Gasteiger partial charge is 0.337 e. The zero-order chi connectivity index (χ0) is 13.7. The molecule has 0 bridgehead atoms. The van der Waals surface area contributed by atoms with Crippen LogP contribution in [0, 0.1) is 0 Å². The van der Waals surface area contributed by atoms with Crippen molar-refractivity contribution in [1.82, 2.24) is 5.32 Å². The van der Waals surface area contributed by atoms with Gasteiger partial charge in [-0.3, -0.25) is 9.59 Å². The van der Waals surface area contributed by atoms with Crippen molar-refractivity contribution in [1.29, 1.82) is 0 Å². The lowest BCUT2D eigenvalue weighted by molar-refractivity contribution is -0.119. The molecule has 0 heterocycles. The topological polar surface area (TPSA) is 98.5 Å². The molecule has 18 heavy (non-hydrogen) atoms. The van der Waals surface area contributed by atoms with Crippen molar-refractivity contribution in [2.24, 2.45) is 5.73 Å². The molecule has 1 rings (SSSR count). The van der Waals surface area contributed by atoms with Crippen LogP contribution in [0.25, 0.3) is 0 Å². The first kappa shape index (κ1) is 13.7.